The monoisotopic (exact) mass is 170 g/mol. The smallest absolute Gasteiger partial charge is 0.0243 e. The van der Waals surface area contributed by atoms with Gasteiger partial charge in [-0.15, -0.1) is 0 Å². The van der Waals surface area contributed by atoms with Crippen molar-refractivity contribution in [2.24, 2.45) is 0 Å². The topological polar surface area (TPSA) is 15.3 Å². The van der Waals surface area contributed by atoms with Crippen LogP contribution in [0.2, 0.25) is 0 Å². The second kappa shape index (κ2) is 4.83. The van der Waals surface area contributed by atoms with Crippen LogP contribution >= 0.6 is 0 Å². The van der Waals surface area contributed by atoms with Gasteiger partial charge in [-0.05, 0) is 33.5 Å². The molecule has 0 aromatic carbocycles. The Morgan fingerprint density at radius 1 is 1.25 bits per heavy atom. The quantitative estimate of drug-likeness (QED) is 0.690. The van der Waals surface area contributed by atoms with E-state index in [-0.39, 0.29) is 0 Å². The van der Waals surface area contributed by atoms with Crippen molar-refractivity contribution >= 4 is 0 Å². The van der Waals surface area contributed by atoms with Crippen LogP contribution in [0.1, 0.15) is 32.6 Å². The van der Waals surface area contributed by atoms with Gasteiger partial charge in [0.1, 0.15) is 0 Å². The Balaban J connectivity index is 2.42. The summed E-state index contributed by atoms with van der Waals surface area (Å²) in [4.78, 5) is 2.37. The van der Waals surface area contributed by atoms with Crippen molar-refractivity contribution in [2.45, 2.75) is 44.7 Å². The third kappa shape index (κ3) is 2.46. The molecule has 0 amide bonds. The first-order chi connectivity index (χ1) is 5.75. The number of hydrogen-bond acceptors (Lipinski definition) is 2. The lowest BCUT2D eigenvalue weighted by molar-refractivity contribution is 0.178. The molecule has 12 heavy (non-hydrogen) atoms. The molecule has 1 N–H and O–H groups in total. The van der Waals surface area contributed by atoms with Crippen LogP contribution in [-0.4, -0.2) is 37.6 Å². The molecule has 2 atom stereocenters. The highest BCUT2D eigenvalue weighted by molar-refractivity contribution is 4.85. The Morgan fingerprint density at radius 2 is 1.92 bits per heavy atom. The van der Waals surface area contributed by atoms with E-state index < -0.39 is 0 Å². The molecule has 0 bridgehead atoms. The molecule has 1 saturated carbocycles. The van der Waals surface area contributed by atoms with E-state index in [2.05, 4.69) is 31.2 Å². The summed E-state index contributed by atoms with van der Waals surface area (Å²) in [6.07, 6.45) is 5.54. The lowest BCUT2D eigenvalue weighted by Gasteiger charge is -2.36. The average Bonchev–Trinajstić information content (AvgIpc) is 2.05. The van der Waals surface area contributed by atoms with Crippen LogP contribution in [0.15, 0.2) is 0 Å². The first-order valence-electron chi connectivity index (χ1n) is 5.15. The maximum atomic E-state index is 3.57. The summed E-state index contributed by atoms with van der Waals surface area (Å²) >= 11 is 0. The van der Waals surface area contributed by atoms with E-state index >= 15 is 0 Å². The second-order valence-electron chi connectivity index (χ2n) is 3.98. The number of hydrogen-bond donors (Lipinski definition) is 1. The third-order valence-electron chi connectivity index (χ3n) is 2.86. The van der Waals surface area contributed by atoms with E-state index in [1.54, 1.807) is 0 Å². The molecule has 72 valence electrons. The number of likely N-dealkylation sites (N-methyl/N-ethyl adjacent to an activating group) is 2. The van der Waals surface area contributed by atoms with E-state index in [4.69, 9.17) is 0 Å². The fourth-order valence-electron chi connectivity index (χ4n) is 2.23. The Bertz CT molecular complexity index is 121. The molecule has 0 saturated heterocycles. The second-order valence-corrected chi connectivity index (χ2v) is 3.98. The van der Waals surface area contributed by atoms with Gasteiger partial charge in [-0.25, -0.2) is 0 Å². The van der Waals surface area contributed by atoms with Crippen molar-refractivity contribution in [2.75, 3.05) is 20.6 Å². The molecule has 1 aliphatic carbocycles. The van der Waals surface area contributed by atoms with Crippen LogP contribution in [0, 0.1) is 0 Å². The Morgan fingerprint density at radius 3 is 2.50 bits per heavy atom. The normalized spacial score (nSPS) is 31.0. The molecule has 2 heteroatoms. The van der Waals surface area contributed by atoms with Gasteiger partial charge < -0.3 is 10.2 Å². The van der Waals surface area contributed by atoms with Gasteiger partial charge in [0.25, 0.3) is 0 Å². The van der Waals surface area contributed by atoms with E-state index in [1.165, 1.54) is 25.7 Å². The summed E-state index contributed by atoms with van der Waals surface area (Å²) in [6.45, 7) is 3.30. The molecule has 1 fully saturated rings. The van der Waals surface area contributed by atoms with Gasteiger partial charge in [0.15, 0.2) is 0 Å². The Hall–Kier alpha value is -0.0800. The Kier molecular flexibility index (Phi) is 4.02. The van der Waals surface area contributed by atoms with Gasteiger partial charge in [-0.1, -0.05) is 19.8 Å². The van der Waals surface area contributed by atoms with Gasteiger partial charge in [0, 0.05) is 12.1 Å². The number of nitrogens with one attached hydrogen (secondary N) is 1. The molecule has 0 aromatic heterocycles. The maximum absolute atomic E-state index is 3.57. The van der Waals surface area contributed by atoms with E-state index in [0.29, 0.717) is 0 Å². The van der Waals surface area contributed by atoms with Crippen molar-refractivity contribution in [3.8, 4) is 0 Å². The lowest BCUT2D eigenvalue weighted by Crippen LogP contribution is -2.49. The van der Waals surface area contributed by atoms with Crippen LogP contribution in [0.25, 0.3) is 0 Å². The van der Waals surface area contributed by atoms with Crippen molar-refractivity contribution in [3.05, 3.63) is 0 Å². The predicted octanol–water partition coefficient (Wildman–Crippen LogP) is 1.47. The molecule has 2 nitrogen and oxygen atoms in total. The maximum Gasteiger partial charge on any atom is 0.0243 e. The molecule has 0 spiro atoms. The molecule has 0 aromatic rings. The van der Waals surface area contributed by atoms with Gasteiger partial charge in [0.05, 0.1) is 0 Å². The minimum atomic E-state index is 0.735. The number of nitrogens with zero attached hydrogens (tertiary/aromatic N) is 1. The van der Waals surface area contributed by atoms with Crippen molar-refractivity contribution in [1.82, 2.24) is 10.2 Å². The van der Waals surface area contributed by atoms with E-state index in [0.717, 1.165) is 18.6 Å². The summed E-state index contributed by atoms with van der Waals surface area (Å²) in [5.74, 6) is 0. The van der Waals surface area contributed by atoms with Crippen molar-refractivity contribution in [1.29, 1.82) is 0 Å². The van der Waals surface area contributed by atoms with Crippen LogP contribution in [-0.2, 0) is 0 Å². The molecule has 1 aliphatic rings. The standard InChI is InChI=1S/C10H22N2/c1-4-11-9-7-5-6-8-10(9)12(2)3/h9-11H,4-8H2,1-3H3/t9-,10+/m0/s1. The van der Waals surface area contributed by atoms with Crippen LogP contribution < -0.4 is 5.32 Å². The van der Waals surface area contributed by atoms with Gasteiger partial charge in [-0.3, -0.25) is 0 Å². The minimum absolute atomic E-state index is 0.735. The number of rotatable bonds is 3. The zero-order valence-corrected chi connectivity index (χ0v) is 8.64. The zero-order valence-electron chi connectivity index (χ0n) is 8.64. The average molecular weight is 170 g/mol. The first-order valence-corrected chi connectivity index (χ1v) is 5.15. The van der Waals surface area contributed by atoms with Gasteiger partial charge in [-0.2, -0.15) is 0 Å². The minimum Gasteiger partial charge on any atom is -0.313 e. The highest BCUT2D eigenvalue weighted by Gasteiger charge is 2.25. The summed E-state index contributed by atoms with van der Waals surface area (Å²) in [6, 6.07) is 1.50. The first kappa shape index (κ1) is 10.0. The largest absolute Gasteiger partial charge is 0.313 e. The molecule has 1 rings (SSSR count). The predicted molar refractivity (Wildman–Crippen MR) is 53.4 cm³/mol. The Labute approximate surface area is 76.3 Å². The summed E-state index contributed by atoms with van der Waals surface area (Å²) in [5.41, 5.74) is 0. The van der Waals surface area contributed by atoms with Crippen LogP contribution in [0.3, 0.4) is 0 Å². The van der Waals surface area contributed by atoms with Gasteiger partial charge >= 0.3 is 0 Å². The SMILES string of the molecule is CCN[C@H]1CCCC[C@H]1N(C)C. The highest BCUT2D eigenvalue weighted by Crippen LogP contribution is 2.21. The van der Waals surface area contributed by atoms with Crippen LogP contribution in [0.4, 0.5) is 0 Å². The lowest BCUT2D eigenvalue weighted by atomic mass is 9.89. The van der Waals surface area contributed by atoms with E-state index in [1.807, 2.05) is 0 Å². The van der Waals surface area contributed by atoms with E-state index in [9.17, 15) is 0 Å². The fraction of sp³-hybridized carbons (Fsp3) is 1.00. The van der Waals surface area contributed by atoms with Crippen molar-refractivity contribution in [3.63, 3.8) is 0 Å². The van der Waals surface area contributed by atoms with Crippen molar-refractivity contribution < 1.29 is 0 Å². The highest BCUT2D eigenvalue weighted by atomic mass is 15.1. The zero-order chi connectivity index (χ0) is 8.97. The summed E-state index contributed by atoms with van der Waals surface area (Å²) in [7, 11) is 4.39. The molecule has 0 unspecified atom stereocenters. The molecule has 0 radical (unpaired) electrons. The molecular weight excluding hydrogens is 148 g/mol. The molecule has 0 heterocycles. The summed E-state index contributed by atoms with van der Waals surface area (Å²) in [5, 5.41) is 3.57. The molecular formula is C10H22N2. The molecule has 0 aliphatic heterocycles. The van der Waals surface area contributed by atoms with Gasteiger partial charge in [0.2, 0.25) is 0 Å². The summed E-state index contributed by atoms with van der Waals surface area (Å²) < 4.78 is 0. The van der Waals surface area contributed by atoms with Crippen LogP contribution in [0.5, 0.6) is 0 Å². The third-order valence-corrected chi connectivity index (χ3v) is 2.86. The fourth-order valence-corrected chi connectivity index (χ4v) is 2.23.